The number of nitrogens with one attached hydrogen (secondary N) is 1. The third-order valence-electron chi connectivity index (χ3n) is 4.01. The molecule has 1 N–H and O–H groups in total. The monoisotopic (exact) mass is 348 g/mol. The first-order valence-corrected chi connectivity index (χ1v) is 8.47. The molecule has 1 aliphatic rings. The number of methoxy groups -OCH3 is 1. The van der Waals surface area contributed by atoms with Gasteiger partial charge in [0.25, 0.3) is 5.91 Å². The highest BCUT2D eigenvalue weighted by atomic mass is 16.5. The minimum absolute atomic E-state index is 0.0797. The van der Waals surface area contributed by atoms with E-state index in [1.165, 1.54) is 0 Å². The Bertz CT molecular complexity index is 849. The molecule has 0 heterocycles. The molecule has 0 bridgehead atoms. The lowest BCUT2D eigenvalue weighted by Crippen LogP contribution is -2.26. The highest BCUT2D eigenvalue weighted by Gasteiger charge is 2.24. The van der Waals surface area contributed by atoms with E-state index in [1.54, 1.807) is 31.4 Å². The summed E-state index contributed by atoms with van der Waals surface area (Å²) in [7, 11) is 1.57. The summed E-state index contributed by atoms with van der Waals surface area (Å²) in [6.45, 7) is 0.400. The van der Waals surface area contributed by atoms with Crippen molar-refractivity contribution in [1.29, 1.82) is 5.26 Å². The third kappa shape index (κ3) is 4.64. The van der Waals surface area contributed by atoms with Gasteiger partial charge in [-0.1, -0.05) is 36.4 Å². The van der Waals surface area contributed by atoms with Crippen molar-refractivity contribution in [1.82, 2.24) is 5.32 Å². The van der Waals surface area contributed by atoms with Crippen LogP contribution < -0.4 is 14.8 Å². The number of hydrogen-bond donors (Lipinski definition) is 1. The van der Waals surface area contributed by atoms with E-state index in [1.807, 2.05) is 36.4 Å². The van der Waals surface area contributed by atoms with Crippen LogP contribution in [0.4, 0.5) is 0 Å². The van der Waals surface area contributed by atoms with E-state index in [4.69, 9.17) is 9.47 Å². The van der Waals surface area contributed by atoms with Crippen LogP contribution in [0.25, 0.3) is 6.08 Å². The Labute approximate surface area is 152 Å². The van der Waals surface area contributed by atoms with E-state index in [9.17, 15) is 10.1 Å². The lowest BCUT2D eigenvalue weighted by atomic mass is 10.1. The first-order chi connectivity index (χ1) is 12.7. The smallest absolute Gasteiger partial charge is 0.262 e. The summed E-state index contributed by atoms with van der Waals surface area (Å²) < 4.78 is 11.2. The van der Waals surface area contributed by atoms with Crippen LogP contribution in [0.5, 0.6) is 11.5 Å². The molecule has 5 nitrogen and oxygen atoms in total. The lowest BCUT2D eigenvalue weighted by Gasteiger charge is -2.12. The van der Waals surface area contributed by atoms with Crippen molar-refractivity contribution in [3.05, 3.63) is 65.2 Å². The van der Waals surface area contributed by atoms with Crippen molar-refractivity contribution in [2.24, 2.45) is 0 Å². The zero-order chi connectivity index (χ0) is 18.4. The van der Waals surface area contributed by atoms with Gasteiger partial charge in [-0.15, -0.1) is 0 Å². The Hall–Kier alpha value is -3.26. The van der Waals surface area contributed by atoms with Gasteiger partial charge < -0.3 is 14.8 Å². The molecule has 3 rings (SSSR count). The normalized spacial score (nSPS) is 13.6. The van der Waals surface area contributed by atoms with Gasteiger partial charge in [0.1, 0.15) is 18.2 Å². The lowest BCUT2D eigenvalue weighted by molar-refractivity contribution is -0.117. The topological polar surface area (TPSA) is 71.3 Å². The Kier molecular flexibility index (Phi) is 5.55. The second-order valence-corrected chi connectivity index (χ2v) is 6.10. The molecule has 0 unspecified atom stereocenters. The van der Waals surface area contributed by atoms with Gasteiger partial charge in [0, 0.05) is 6.04 Å². The maximum atomic E-state index is 12.1. The molecule has 0 spiro atoms. The zero-order valence-electron chi connectivity index (χ0n) is 14.6. The molecule has 26 heavy (non-hydrogen) atoms. The molecule has 0 aromatic heterocycles. The summed E-state index contributed by atoms with van der Waals surface area (Å²) in [5.41, 5.74) is 1.82. The number of rotatable bonds is 7. The minimum atomic E-state index is -0.336. The molecule has 1 saturated carbocycles. The highest BCUT2D eigenvalue weighted by Crippen LogP contribution is 2.30. The number of ether oxygens (including phenoxy) is 2. The van der Waals surface area contributed by atoms with Crippen molar-refractivity contribution in [3.8, 4) is 17.6 Å². The molecule has 0 saturated heterocycles. The SMILES string of the molecule is COc1ccc(/C=C(/C#N)C(=O)NC2CC2)cc1OCc1ccccc1. The van der Waals surface area contributed by atoms with Crippen LogP contribution in [0.3, 0.4) is 0 Å². The summed E-state index contributed by atoms with van der Waals surface area (Å²) in [5, 5.41) is 12.1. The Morgan fingerprint density at radius 2 is 2.00 bits per heavy atom. The number of hydrogen-bond acceptors (Lipinski definition) is 4. The van der Waals surface area contributed by atoms with Crippen LogP contribution in [-0.4, -0.2) is 19.1 Å². The molecule has 1 aliphatic carbocycles. The van der Waals surface area contributed by atoms with Gasteiger partial charge in [0.15, 0.2) is 11.5 Å². The molecule has 2 aromatic carbocycles. The van der Waals surface area contributed by atoms with Gasteiger partial charge in [-0.25, -0.2) is 0 Å². The fourth-order valence-electron chi connectivity index (χ4n) is 2.44. The molecular formula is C21H20N2O3. The van der Waals surface area contributed by atoms with Crippen LogP contribution >= 0.6 is 0 Å². The standard InChI is InChI=1S/C21H20N2O3/c1-25-19-10-7-16(11-17(13-22)21(24)23-18-8-9-18)12-20(19)26-14-15-5-3-2-4-6-15/h2-7,10-12,18H,8-9,14H2,1H3,(H,23,24)/b17-11-. The number of amides is 1. The fraction of sp³-hybridized carbons (Fsp3) is 0.238. The molecule has 2 aromatic rings. The second kappa shape index (κ2) is 8.21. The molecule has 0 atom stereocenters. The summed E-state index contributed by atoms with van der Waals surface area (Å²) in [4.78, 5) is 12.1. The number of benzene rings is 2. The Morgan fingerprint density at radius 1 is 1.23 bits per heavy atom. The van der Waals surface area contributed by atoms with Gasteiger partial charge in [0.05, 0.1) is 7.11 Å². The van der Waals surface area contributed by atoms with Gasteiger partial charge in [-0.05, 0) is 42.2 Å². The number of nitriles is 1. The number of carbonyl (C=O) groups is 1. The zero-order valence-corrected chi connectivity index (χ0v) is 14.6. The summed E-state index contributed by atoms with van der Waals surface area (Å²) >= 11 is 0. The van der Waals surface area contributed by atoms with E-state index in [-0.39, 0.29) is 17.5 Å². The van der Waals surface area contributed by atoms with E-state index in [0.717, 1.165) is 18.4 Å². The second-order valence-electron chi connectivity index (χ2n) is 6.10. The van der Waals surface area contributed by atoms with Crippen molar-refractivity contribution < 1.29 is 14.3 Å². The quantitative estimate of drug-likeness (QED) is 0.614. The van der Waals surface area contributed by atoms with Crippen LogP contribution in [0.2, 0.25) is 0 Å². The molecule has 0 radical (unpaired) electrons. The van der Waals surface area contributed by atoms with E-state index in [0.29, 0.717) is 23.7 Å². The first kappa shape index (κ1) is 17.6. The average Bonchev–Trinajstić information content (AvgIpc) is 3.49. The maximum Gasteiger partial charge on any atom is 0.262 e. The van der Waals surface area contributed by atoms with E-state index < -0.39 is 0 Å². The van der Waals surface area contributed by atoms with Gasteiger partial charge in [-0.3, -0.25) is 4.79 Å². The van der Waals surface area contributed by atoms with Crippen molar-refractivity contribution in [3.63, 3.8) is 0 Å². The van der Waals surface area contributed by atoms with Crippen LogP contribution in [0.15, 0.2) is 54.1 Å². The largest absolute Gasteiger partial charge is 0.493 e. The highest BCUT2D eigenvalue weighted by molar-refractivity contribution is 6.02. The number of carbonyl (C=O) groups excluding carboxylic acids is 1. The number of nitrogens with zero attached hydrogens (tertiary/aromatic N) is 1. The third-order valence-corrected chi connectivity index (χ3v) is 4.01. The first-order valence-electron chi connectivity index (χ1n) is 8.47. The van der Waals surface area contributed by atoms with Gasteiger partial charge in [0.2, 0.25) is 0 Å². The molecular weight excluding hydrogens is 328 g/mol. The average molecular weight is 348 g/mol. The summed E-state index contributed by atoms with van der Waals surface area (Å²) in [6.07, 6.45) is 3.52. The van der Waals surface area contributed by atoms with Crippen molar-refractivity contribution in [2.45, 2.75) is 25.5 Å². The van der Waals surface area contributed by atoms with Crippen LogP contribution in [0, 0.1) is 11.3 Å². The molecule has 1 fully saturated rings. The molecule has 0 aliphatic heterocycles. The molecule has 132 valence electrons. The van der Waals surface area contributed by atoms with Gasteiger partial charge >= 0.3 is 0 Å². The van der Waals surface area contributed by atoms with Gasteiger partial charge in [-0.2, -0.15) is 5.26 Å². The Balaban J connectivity index is 1.78. The van der Waals surface area contributed by atoms with Crippen molar-refractivity contribution >= 4 is 12.0 Å². The maximum absolute atomic E-state index is 12.1. The molecule has 5 heteroatoms. The predicted octanol–water partition coefficient (Wildman–Crippen LogP) is 3.46. The fourth-order valence-corrected chi connectivity index (χ4v) is 2.44. The summed E-state index contributed by atoms with van der Waals surface area (Å²) in [5.74, 6) is 0.821. The van der Waals surface area contributed by atoms with Crippen LogP contribution in [-0.2, 0) is 11.4 Å². The van der Waals surface area contributed by atoms with E-state index in [2.05, 4.69) is 5.32 Å². The summed E-state index contributed by atoms with van der Waals surface area (Å²) in [6, 6.07) is 17.3. The van der Waals surface area contributed by atoms with Crippen molar-refractivity contribution in [2.75, 3.05) is 7.11 Å². The molecule has 1 amide bonds. The predicted molar refractivity (Wildman–Crippen MR) is 98.5 cm³/mol. The van der Waals surface area contributed by atoms with Crippen LogP contribution in [0.1, 0.15) is 24.0 Å². The van der Waals surface area contributed by atoms with E-state index >= 15 is 0 Å². The minimum Gasteiger partial charge on any atom is -0.493 e. The Morgan fingerprint density at radius 3 is 2.65 bits per heavy atom.